The van der Waals surface area contributed by atoms with E-state index in [1.807, 2.05) is 30.3 Å². The number of hydroxylamine groups is 1. The number of rotatable bonds is 9. The number of carbonyl (C=O) groups excluding carboxylic acids is 1. The first-order valence-electron chi connectivity index (χ1n) is 15.4. The predicted molar refractivity (Wildman–Crippen MR) is 179 cm³/mol. The monoisotopic (exact) mass is 641 g/mol. The van der Waals surface area contributed by atoms with Crippen LogP contribution in [0.15, 0.2) is 79.6 Å². The molecule has 244 valence electrons. The van der Waals surface area contributed by atoms with E-state index in [-0.39, 0.29) is 17.5 Å². The summed E-state index contributed by atoms with van der Waals surface area (Å²) in [5.74, 6) is -0.551. The van der Waals surface area contributed by atoms with Gasteiger partial charge in [0.2, 0.25) is 5.91 Å². The number of amides is 1. The lowest BCUT2D eigenvalue weighted by molar-refractivity contribution is -0.111. The first kappa shape index (κ1) is 31.9. The maximum absolute atomic E-state index is 14.6. The third-order valence-corrected chi connectivity index (χ3v) is 8.64. The van der Waals surface area contributed by atoms with Crippen LogP contribution in [0.1, 0.15) is 24.9 Å². The average molecular weight is 642 g/mol. The molecule has 2 unspecified atom stereocenters. The molecule has 2 N–H and O–H groups in total. The highest BCUT2D eigenvalue weighted by Crippen LogP contribution is 2.40. The molecule has 4 aromatic rings. The van der Waals surface area contributed by atoms with Crippen LogP contribution in [0.25, 0.3) is 11.1 Å². The second-order valence-electron chi connectivity index (χ2n) is 11.6. The second-order valence-corrected chi connectivity index (χ2v) is 11.6. The fraction of sp³-hybridized carbons (Fsp3) is 0.286. The van der Waals surface area contributed by atoms with Gasteiger partial charge in [-0.15, -0.1) is 0 Å². The second kappa shape index (κ2) is 13.7. The zero-order valence-corrected chi connectivity index (χ0v) is 26.5. The van der Waals surface area contributed by atoms with E-state index in [1.54, 1.807) is 30.4 Å². The number of piperazine rings is 1. The molecule has 1 aromatic heterocycles. The summed E-state index contributed by atoms with van der Waals surface area (Å²) in [6.45, 7) is 8.69. The van der Waals surface area contributed by atoms with Gasteiger partial charge in [0.1, 0.15) is 17.9 Å². The van der Waals surface area contributed by atoms with Crippen molar-refractivity contribution in [2.75, 3.05) is 61.0 Å². The van der Waals surface area contributed by atoms with Crippen molar-refractivity contribution in [3.63, 3.8) is 0 Å². The van der Waals surface area contributed by atoms with E-state index in [9.17, 15) is 13.6 Å². The quantitative estimate of drug-likeness (QED) is 0.204. The van der Waals surface area contributed by atoms with Gasteiger partial charge in [0.25, 0.3) is 0 Å². The van der Waals surface area contributed by atoms with Crippen LogP contribution in [-0.4, -0.2) is 67.2 Å². The Bertz CT molecular complexity index is 1790. The van der Waals surface area contributed by atoms with Gasteiger partial charge < -0.3 is 25.2 Å². The molecule has 2 aliphatic heterocycles. The fourth-order valence-corrected chi connectivity index (χ4v) is 5.96. The van der Waals surface area contributed by atoms with Crippen LogP contribution >= 0.6 is 0 Å². The summed E-state index contributed by atoms with van der Waals surface area (Å²) in [7, 11) is 3.70. The van der Waals surface area contributed by atoms with Crippen molar-refractivity contribution in [2.45, 2.75) is 25.4 Å². The molecular weight excluding hydrogens is 604 g/mol. The smallest absolute Gasteiger partial charge is 0.247 e. The van der Waals surface area contributed by atoms with Gasteiger partial charge in [0, 0.05) is 49.8 Å². The Labute approximate surface area is 272 Å². The number of nitrogens with zero attached hydrogens (tertiary/aromatic N) is 5. The fourth-order valence-electron chi connectivity index (χ4n) is 5.96. The van der Waals surface area contributed by atoms with E-state index in [0.29, 0.717) is 53.4 Å². The Balaban J connectivity index is 1.28. The highest BCUT2D eigenvalue weighted by Gasteiger charge is 2.30. The summed E-state index contributed by atoms with van der Waals surface area (Å²) in [6, 6.07) is 17.1. The molecule has 3 aromatic carbocycles. The lowest BCUT2D eigenvalue weighted by Gasteiger charge is -2.40. The van der Waals surface area contributed by atoms with Crippen molar-refractivity contribution >= 4 is 34.6 Å². The Hall–Kier alpha value is -5.07. The van der Waals surface area contributed by atoms with E-state index in [2.05, 4.69) is 51.0 Å². The van der Waals surface area contributed by atoms with E-state index < -0.39 is 11.6 Å². The zero-order valence-electron chi connectivity index (χ0n) is 26.5. The number of ether oxygens (including phenoxy) is 1. The average Bonchev–Trinajstić information content (AvgIpc) is 3.58. The van der Waals surface area contributed by atoms with Crippen molar-refractivity contribution < 1.29 is 23.1 Å². The molecule has 2 saturated heterocycles. The van der Waals surface area contributed by atoms with Gasteiger partial charge >= 0.3 is 0 Å². The van der Waals surface area contributed by atoms with Crippen LogP contribution in [0, 0.1) is 11.6 Å². The lowest BCUT2D eigenvalue weighted by Crippen LogP contribution is -2.50. The predicted octanol–water partition coefficient (Wildman–Crippen LogP) is 6.32. The normalized spacial score (nSPS) is 18.2. The first-order valence-corrected chi connectivity index (χ1v) is 15.4. The Morgan fingerprint density at radius 2 is 1.91 bits per heavy atom. The Morgan fingerprint density at radius 3 is 2.70 bits per heavy atom. The van der Waals surface area contributed by atoms with Crippen molar-refractivity contribution in [1.82, 2.24) is 14.9 Å². The molecule has 47 heavy (non-hydrogen) atoms. The summed E-state index contributed by atoms with van der Waals surface area (Å²) < 4.78 is 34.3. The highest BCUT2D eigenvalue weighted by molar-refractivity contribution is 6.02. The molecule has 2 aliphatic rings. The number of benzene rings is 3. The molecule has 6 rings (SSSR count). The third kappa shape index (κ3) is 6.74. The lowest BCUT2D eigenvalue weighted by atomic mass is 9.98. The van der Waals surface area contributed by atoms with Crippen molar-refractivity contribution in [3.8, 4) is 16.9 Å². The number of hydrogen-bond acceptors (Lipinski definition) is 9. The zero-order chi connectivity index (χ0) is 33.1. The molecule has 12 heteroatoms. The first-order chi connectivity index (χ1) is 22.7. The minimum absolute atomic E-state index is 0.191. The van der Waals surface area contributed by atoms with Gasteiger partial charge in [-0.3, -0.25) is 9.63 Å². The molecule has 0 bridgehead atoms. The molecule has 0 radical (unpaired) electrons. The number of halogens is 2. The van der Waals surface area contributed by atoms with Crippen LogP contribution < -0.4 is 25.3 Å². The number of methoxy groups -OCH3 is 1. The Morgan fingerprint density at radius 1 is 1.09 bits per heavy atom. The molecular formula is C35H37F2N7O3. The molecule has 0 saturated carbocycles. The minimum Gasteiger partial charge on any atom is -0.494 e. The molecule has 0 spiro atoms. The summed E-state index contributed by atoms with van der Waals surface area (Å²) >= 11 is 0. The molecule has 0 aliphatic carbocycles. The van der Waals surface area contributed by atoms with Gasteiger partial charge in [-0.1, -0.05) is 36.9 Å². The van der Waals surface area contributed by atoms with Crippen LogP contribution in [0.3, 0.4) is 0 Å². The van der Waals surface area contributed by atoms with Gasteiger partial charge in [0.15, 0.2) is 17.5 Å². The molecule has 2 fully saturated rings. The van der Waals surface area contributed by atoms with Crippen molar-refractivity contribution in [2.24, 2.45) is 0 Å². The number of nitrogens with one attached hydrogen (secondary N) is 2. The number of aromatic nitrogens is 2. The van der Waals surface area contributed by atoms with E-state index in [0.717, 1.165) is 37.0 Å². The van der Waals surface area contributed by atoms with E-state index in [1.165, 1.54) is 18.5 Å². The van der Waals surface area contributed by atoms with Crippen molar-refractivity contribution in [3.05, 3.63) is 96.8 Å². The number of likely N-dealkylation sites (N-methyl/N-ethyl adjacent to an activating group) is 1. The van der Waals surface area contributed by atoms with Crippen LogP contribution in [0.2, 0.25) is 0 Å². The SMILES string of the molecule is C=CC(=O)Nc1cc(Nc2cc(N3OCCC3c3cccc(-c4cccc(F)c4F)c3)ncn2)c(OC)cc1N1CCN(C)C(C)C1. The number of anilines is 5. The third-order valence-electron chi connectivity index (χ3n) is 8.64. The van der Waals surface area contributed by atoms with Crippen LogP contribution in [0.4, 0.5) is 37.5 Å². The Kier molecular flexibility index (Phi) is 9.32. The minimum atomic E-state index is -0.893. The standard InChI is InChI=1S/C35H37F2N7O3/c1-5-34(45)41-27-17-28(31(46-4)18-30(27)43-14-13-42(3)22(2)20-43)40-32-19-33(39-21-38-32)44-29(12-15-47-44)24-9-6-8-23(16-24)25-10-7-11-26(36)35(25)37/h5-11,16-19,21-22,29H,1,12-15,20H2,2-4H3,(H,41,45)(H,38,39,40). The van der Waals surface area contributed by atoms with Crippen molar-refractivity contribution in [1.29, 1.82) is 0 Å². The summed E-state index contributed by atoms with van der Waals surface area (Å²) in [5, 5.41) is 7.98. The molecule has 3 heterocycles. The topological polar surface area (TPSA) is 95.1 Å². The maximum Gasteiger partial charge on any atom is 0.247 e. The van der Waals surface area contributed by atoms with E-state index in [4.69, 9.17) is 9.57 Å². The van der Waals surface area contributed by atoms with E-state index >= 15 is 0 Å². The number of hydrogen-bond donors (Lipinski definition) is 2. The van der Waals surface area contributed by atoms with Gasteiger partial charge in [-0.2, -0.15) is 0 Å². The maximum atomic E-state index is 14.6. The summed E-state index contributed by atoms with van der Waals surface area (Å²) in [6.07, 6.45) is 3.33. The summed E-state index contributed by atoms with van der Waals surface area (Å²) in [4.78, 5) is 31.9. The van der Waals surface area contributed by atoms with Gasteiger partial charge in [-0.05, 0) is 49.4 Å². The van der Waals surface area contributed by atoms with Gasteiger partial charge in [-0.25, -0.2) is 23.8 Å². The van der Waals surface area contributed by atoms with Crippen LogP contribution in [0.5, 0.6) is 5.75 Å². The summed E-state index contributed by atoms with van der Waals surface area (Å²) in [5.41, 5.74) is 3.68. The largest absolute Gasteiger partial charge is 0.494 e. The highest BCUT2D eigenvalue weighted by atomic mass is 19.2. The van der Waals surface area contributed by atoms with Crippen LogP contribution in [-0.2, 0) is 9.63 Å². The molecule has 10 nitrogen and oxygen atoms in total. The molecule has 2 atom stereocenters. The van der Waals surface area contributed by atoms with Gasteiger partial charge in [0.05, 0.1) is 36.8 Å². The molecule has 1 amide bonds. The number of carbonyl (C=O) groups is 1.